The van der Waals surface area contributed by atoms with Crippen molar-refractivity contribution in [3.8, 4) is 6.07 Å². The normalized spacial score (nSPS) is 9.83. The van der Waals surface area contributed by atoms with Crippen LogP contribution in [0.2, 0.25) is 0 Å². The molecule has 3 N–H and O–H groups in total. The number of hydrogen-bond acceptors (Lipinski definition) is 3. The molecular weight excluding hydrogens is 297 g/mol. The van der Waals surface area contributed by atoms with Crippen molar-refractivity contribution in [3.63, 3.8) is 0 Å². The number of nitrogens with zero attached hydrogens (tertiary/aromatic N) is 1. The fourth-order valence-electron chi connectivity index (χ4n) is 1.47. The smallest absolute Gasteiger partial charge is 0.124 e. The summed E-state index contributed by atoms with van der Waals surface area (Å²) >= 11 is 3.26. The first-order valence-electron chi connectivity index (χ1n) is 5.12. The van der Waals surface area contributed by atoms with Crippen molar-refractivity contribution in [2.24, 2.45) is 0 Å². The zero-order chi connectivity index (χ0) is 13.1. The van der Waals surface area contributed by atoms with Gasteiger partial charge in [-0.2, -0.15) is 5.26 Å². The molecule has 5 heteroatoms. The second-order valence-corrected chi connectivity index (χ2v) is 4.52. The maximum absolute atomic E-state index is 13.0. The molecule has 0 aliphatic carbocycles. The van der Waals surface area contributed by atoms with Gasteiger partial charge in [-0.3, -0.25) is 0 Å². The van der Waals surface area contributed by atoms with Gasteiger partial charge in [-0.25, -0.2) is 4.39 Å². The number of nitriles is 1. The number of nitrogens with two attached hydrogens (primary N) is 1. The lowest BCUT2D eigenvalue weighted by atomic mass is 10.2. The summed E-state index contributed by atoms with van der Waals surface area (Å²) in [4.78, 5) is 0. The largest absolute Gasteiger partial charge is 0.397 e. The van der Waals surface area contributed by atoms with Crippen molar-refractivity contribution in [3.05, 3.63) is 52.3 Å². The Bertz CT molecular complexity index is 635. The van der Waals surface area contributed by atoms with E-state index in [0.717, 1.165) is 0 Å². The zero-order valence-electron chi connectivity index (χ0n) is 9.24. The van der Waals surface area contributed by atoms with Crippen molar-refractivity contribution in [1.82, 2.24) is 0 Å². The monoisotopic (exact) mass is 305 g/mol. The third-order valence-electron chi connectivity index (χ3n) is 2.38. The summed E-state index contributed by atoms with van der Waals surface area (Å²) in [7, 11) is 0. The molecule has 0 atom stereocenters. The predicted octanol–water partition coefficient (Wildman–Crippen LogP) is 3.79. The van der Waals surface area contributed by atoms with Crippen LogP contribution in [-0.2, 0) is 0 Å². The Kier molecular flexibility index (Phi) is 3.49. The van der Waals surface area contributed by atoms with Gasteiger partial charge in [-0.15, -0.1) is 0 Å². The van der Waals surface area contributed by atoms with Gasteiger partial charge in [0.2, 0.25) is 0 Å². The first-order valence-corrected chi connectivity index (χ1v) is 5.91. The topological polar surface area (TPSA) is 61.8 Å². The lowest BCUT2D eigenvalue weighted by Gasteiger charge is -2.11. The Morgan fingerprint density at radius 2 is 1.94 bits per heavy atom. The molecule has 0 saturated heterocycles. The van der Waals surface area contributed by atoms with Gasteiger partial charge in [-0.05, 0) is 52.3 Å². The highest BCUT2D eigenvalue weighted by molar-refractivity contribution is 9.10. The zero-order valence-corrected chi connectivity index (χ0v) is 10.8. The van der Waals surface area contributed by atoms with E-state index in [2.05, 4.69) is 21.2 Å². The summed E-state index contributed by atoms with van der Waals surface area (Å²) in [5, 5.41) is 11.9. The van der Waals surface area contributed by atoms with E-state index in [4.69, 9.17) is 11.0 Å². The third kappa shape index (κ3) is 2.60. The lowest BCUT2D eigenvalue weighted by Crippen LogP contribution is -1.97. The molecule has 0 aliphatic heterocycles. The van der Waals surface area contributed by atoms with Gasteiger partial charge in [-0.1, -0.05) is 0 Å². The summed E-state index contributed by atoms with van der Waals surface area (Å²) < 4.78 is 13.5. The second kappa shape index (κ2) is 5.07. The first kappa shape index (κ1) is 12.4. The first-order chi connectivity index (χ1) is 8.60. The van der Waals surface area contributed by atoms with E-state index < -0.39 is 0 Å². The maximum Gasteiger partial charge on any atom is 0.124 e. The average Bonchev–Trinajstić information content (AvgIpc) is 2.35. The number of anilines is 3. The molecule has 2 aromatic rings. The summed E-state index contributed by atoms with van der Waals surface area (Å²) in [6, 6.07) is 11.3. The van der Waals surface area contributed by atoms with E-state index in [9.17, 15) is 4.39 Å². The molecule has 0 radical (unpaired) electrons. The van der Waals surface area contributed by atoms with Crippen LogP contribution in [0.4, 0.5) is 21.5 Å². The van der Waals surface area contributed by atoms with Gasteiger partial charge in [0, 0.05) is 4.47 Å². The van der Waals surface area contributed by atoms with Crippen LogP contribution in [-0.4, -0.2) is 0 Å². The predicted molar refractivity (Wildman–Crippen MR) is 73.0 cm³/mol. The Morgan fingerprint density at radius 3 is 2.61 bits per heavy atom. The van der Waals surface area contributed by atoms with Crippen molar-refractivity contribution in [1.29, 1.82) is 5.26 Å². The van der Waals surface area contributed by atoms with E-state index in [0.29, 0.717) is 27.1 Å². The van der Waals surface area contributed by atoms with Crippen molar-refractivity contribution < 1.29 is 4.39 Å². The van der Waals surface area contributed by atoms with Gasteiger partial charge in [0.25, 0.3) is 0 Å². The molecule has 2 aromatic carbocycles. The van der Waals surface area contributed by atoms with E-state index in [1.54, 1.807) is 24.3 Å². The van der Waals surface area contributed by atoms with Crippen LogP contribution in [0.1, 0.15) is 5.56 Å². The molecule has 0 bridgehead atoms. The summed E-state index contributed by atoms with van der Waals surface area (Å²) in [6.07, 6.45) is 0. The molecule has 2 rings (SSSR count). The molecule has 0 unspecified atom stereocenters. The second-order valence-electron chi connectivity index (χ2n) is 3.66. The van der Waals surface area contributed by atoms with Crippen LogP contribution in [0.15, 0.2) is 40.9 Å². The molecule has 0 amide bonds. The Morgan fingerprint density at radius 1 is 1.17 bits per heavy atom. The molecule has 0 spiro atoms. The van der Waals surface area contributed by atoms with Crippen molar-refractivity contribution >= 4 is 33.0 Å². The van der Waals surface area contributed by atoms with E-state index in [1.807, 2.05) is 6.07 Å². The molecule has 0 aromatic heterocycles. The minimum Gasteiger partial charge on any atom is -0.397 e. The highest BCUT2D eigenvalue weighted by atomic mass is 79.9. The van der Waals surface area contributed by atoms with Gasteiger partial charge in [0.15, 0.2) is 0 Å². The minimum atomic E-state index is -0.328. The van der Waals surface area contributed by atoms with Gasteiger partial charge >= 0.3 is 0 Å². The van der Waals surface area contributed by atoms with Crippen LogP contribution in [0.25, 0.3) is 0 Å². The van der Waals surface area contributed by atoms with E-state index >= 15 is 0 Å². The molecule has 0 saturated carbocycles. The maximum atomic E-state index is 13.0. The number of benzene rings is 2. The number of nitrogen functional groups attached to an aromatic ring is 1. The van der Waals surface area contributed by atoms with E-state index in [1.165, 1.54) is 12.1 Å². The molecule has 0 fully saturated rings. The summed E-state index contributed by atoms with van der Waals surface area (Å²) in [5.74, 6) is -0.328. The van der Waals surface area contributed by atoms with Crippen LogP contribution in [0.3, 0.4) is 0 Å². The van der Waals surface area contributed by atoms with Gasteiger partial charge in [0.05, 0.1) is 28.7 Å². The van der Waals surface area contributed by atoms with Gasteiger partial charge < -0.3 is 11.1 Å². The minimum absolute atomic E-state index is 0.328. The average molecular weight is 306 g/mol. The highest BCUT2D eigenvalue weighted by Crippen LogP contribution is 2.29. The number of hydrogen-bond donors (Lipinski definition) is 2. The fourth-order valence-corrected chi connectivity index (χ4v) is 1.92. The van der Waals surface area contributed by atoms with Crippen molar-refractivity contribution in [2.75, 3.05) is 11.1 Å². The quantitative estimate of drug-likeness (QED) is 0.830. The standard InChI is InChI=1S/C13H9BrFN3/c14-10-6-9(15)2-4-12(10)18-13-5-8(7-16)1-3-11(13)17/h1-6,18H,17H2. The number of nitrogens with one attached hydrogen (secondary N) is 1. The SMILES string of the molecule is N#Cc1ccc(N)c(Nc2ccc(F)cc2Br)c1. The Labute approximate surface area is 112 Å². The summed E-state index contributed by atoms with van der Waals surface area (Å²) in [5.41, 5.74) is 8.13. The molecule has 0 aliphatic rings. The van der Waals surface area contributed by atoms with Crippen LogP contribution in [0, 0.1) is 17.1 Å². The lowest BCUT2D eigenvalue weighted by molar-refractivity contribution is 0.627. The van der Waals surface area contributed by atoms with Crippen LogP contribution in [0.5, 0.6) is 0 Å². The molecule has 0 heterocycles. The van der Waals surface area contributed by atoms with Gasteiger partial charge in [0.1, 0.15) is 5.82 Å². The number of rotatable bonds is 2. The van der Waals surface area contributed by atoms with Crippen molar-refractivity contribution in [2.45, 2.75) is 0 Å². The fraction of sp³-hybridized carbons (Fsp3) is 0. The van der Waals surface area contributed by atoms with Crippen LogP contribution < -0.4 is 11.1 Å². The number of halogens is 2. The molecule has 90 valence electrons. The van der Waals surface area contributed by atoms with E-state index in [-0.39, 0.29) is 5.82 Å². The molecular formula is C13H9BrFN3. The molecule has 18 heavy (non-hydrogen) atoms. The summed E-state index contributed by atoms with van der Waals surface area (Å²) in [6.45, 7) is 0. The Hall–Kier alpha value is -2.06. The Balaban J connectivity index is 2.37. The molecule has 3 nitrogen and oxygen atoms in total. The highest BCUT2D eigenvalue weighted by Gasteiger charge is 2.05. The van der Waals surface area contributed by atoms with Crippen LogP contribution >= 0.6 is 15.9 Å². The third-order valence-corrected chi connectivity index (χ3v) is 3.04.